The molecule has 1 saturated heterocycles. The van der Waals surface area contributed by atoms with Crippen molar-refractivity contribution in [3.05, 3.63) is 29.3 Å². The monoisotopic (exact) mass is 219 g/mol. The molecule has 0 unspecified atom stereocenters. The molecule has 0 atom stereocenters. The lowest BCUT2D eigenvalue weighted by Gasteiger charge is -2.26. The van der Waals surface area contributed by atoms with E-state index in [9.17, 15) is 9.90 Å². The molecule has 1 fully saturated rings. The van der Waals surface area contributed by atoms with Crippen molar-refractivity contribution in [3.8, 4) is 5.75 Å². The number of piperidine rings is 1. The van der Waals surface area contributed by atoms with Gasteiger partial charge in [0.05, 0.1) is 0 Å². The highest BCUT2D eigenvalue weighted by Crippen LogP contribution is 2.19. The second-order valence-electron chi connectivity index (χ2n) is 4.35. The molecule has 0 aromatic heterocycles. The number of phenolic OH excluding ortho intramolecular Hbond substituents is 1. The molecule has 0 saturated carbocycles. The number of rotatable bonds is 1. The molecule has 16 heavy (non-hydrogen) atoms. The maximum atomic E-state index is 12.1. The minimum absolute atomic E-state index is 0.0859. The highest BCUT2D eigenvalue weighted by atomic mass is 16.3. The Morgan fingerprint density at radius 2 is 1.94 bits per heavy atom. The van der Waals surface area contributed by atoms with E-state index in [1.165, 1.54) is 6.42 Å². The number of phenols is 1. The molecule has 1 aromatic rings. The van der Waals surface area contributed by atoms with E-state index in [1.54, 1.807) is 18.2 Å². The first-order valence-corrected chi connectivity index (χ1v) is 5.77. The van der Waals surface area contributed by atoms with Crippen LogP contribution >= 0.6 is 0 Å². The number of carbonyl (C=O) groups is 1. The van der Waals surface area contributed by atoms with Gasteiger partial charge in [-0.1, -0.05) is 0 Å². The van der Waals surface area contributed by atoms with Crippen molar-refractivity contribution in [1.82, 2.24) is 4.90 Å². The number of hydrogen-bond acceptors (Lipinski definition) is 2. The summed E-state index contributed by atoms with van der Waals surface area (Å²) in [6.07, 6.45) is 3.42. The molecule has 1 aromatic carbocycles. The van der Waals surface area contributed by atoms with Gasteiger partial charge in [-0.3, -0.25) is 4.79 Å². The lowest BCUT2D eigenvalue weighted by Crippen LogP contribution is -2.35. The highest BCUT2D eigenvalue weighted by molar-refractivity contribution is 5.94. The Hall–Kier alpha value is -1.51. The quantitative estimate of drug-likeness (QED) is 0.787. The number of likely N-dealkylation sites (tertiary alicyclic amines) is 1. The van der Waals surface area contributed by atoms with Crippen LogP contribution in [-0.2, 0) is 0 Å². The molecule has 2 rings (SSSR count). The Morgan fingerprint density at radius 3 is 2.56 bits per heavy atom. The van der Waals surface area contributed by atoms with Crippen LogP contribution in [-0.4, -0.2) is 29.0 Å². The van der Waals surface area contributed by atoms with E-state index in [0.29, 0.717) is 5.56 Å². The fourth-order valence-electron chi connectivity index (χ4n) is 2.07. The number of hydrogen-bond donors (Lipinski definition) is 1. The summed E-state index contributed by atoms with van der Waals surface area (Å²) in [7, 11) is 0. The second kappa shape index (κ2) is 4.56. The molecular formula is C13H17NO2. The molecule has 1 amide bonds. The third-order valence-corrected chi connectivity index (χ3v) is 3.09. The Kier molecular flexibility index (Phi) is 3.13. The lowest BCUT2D eigenvalue weighted by molar-refractivity contribution is 0.0724. The third-order valence-electron chi connectivity index (χ3n) is 3.09. The van der Waals surface area contributed by atoms with Crippen LogP contribution in [0, 0.1) is 6.92 Å². The molecule has 3 heteroatoms. The van der Waals surface area contributed by atoms with Crippen LogP contribution in [0.1, 0.15) is 35.2 Å². The van der Waals surface area contributed by atoms with Crippen LogP contribution in [0.3, 0.4) is 0 Å². The average molecular weight is 219 g/mol. The number of nitrogens with zero attached hydrogens (tertiary/aromatic N) is 1. The maximum Gasteiger partial charge on any atom is 0.253 e. The molecule has 0 aliphatic carbocycles. The zero-order valence-electron chi connectivity index (χ0n) is 9.57. The summed E-state index contributed by atoms with van der Waals surface area (Å²) in [5.74, 6) is 0.331. The molecule has 1 aliphatic heterocycles. The van der Waals surface area contributed by atoms with Crippen molar-refractivity contribution < 1.29 is 9.90 Å². The number of aryl methyl sites for hydroxylation is 1. The summed E-state index contributed by atoms with van der Waals surface area (Å²) in [6, 6.07) is 5.04. The Balaban J connectivity index is 2.16. The van der Waals surface area contributed by atoms with Gasteiger partial charge in [0.15, 0.2) is 0 Å². The van der Waals surface area contributed by atoms with Crippen molar-refractivity contribution in [2.24, 2.45) is 0 Å². The lowest BCUT2D eigenvalue weighted by atomic mass is 10.1. The Bertz CT molecular complexity index is 395. The summed E-state index contributed by atoms with van der Waals surface area (Å²) in [4.78, 5) is 14.0. The van der Waals surface area contributed by atoms with Gasteiger partial charge >= 0.3 is 0 Å². The summed E-state index contributed by atoms with van der Waals surface area (Å²) in [5.41, 5.74) is 1.43. The van der Waals surface area contributed by atoms with E-state index in [1.807, 2.05) is 11.8 Å². The zero-order valence-corrected chi connectivity index (χ0v) is 9.57. The first kappa shape index (κ1) is 11.0. The van der Waals surface area contributed by atoms with Gasteiger partial charge in [-0.25, -0.2) is 0 Å². The van der Waals surface area contributed by atoms with Crippen molar-refractivity contribution in [2.75, 3.05) is 13.1 Å². The van der Waals surface area contributed by atoms with Crippen LogP contribution in [0.2, 0.25) is 0 Å². The van der Waals surface area contributed by atoms with Crippen LogP contribution in [0.5, 0.6) is 5.75 Å². The van der Waals surface area contributed by atoms with E-state index >= 15 is 0 Å². The number of benzene rings is 1. The van der Waals surface area contributed by atoms with E-state index < -0.39 is 0 Å². The summed E-state index contributed by atoms with van der Waals surface area (Å²) in [5, 5.41) is 9.41. The predicted molar refractivity (Wildman–Crippen MR) is 62.6 cm³/mol. The van der Waals surface area contributed by atoms with E-state index in [-0.39, 0.29) is 11.7 Å². The normalized spacial score (nSPS) is 16.2. The maximum absolute atomic E-state index is 12.1. The topological polar surface area (TPSA) is 40.5 Å². The van der Waals surface area contributed by atoms with Gasteiger partial charge in [-0.2, -0.15) is 0 Å². The molecule has 1 N–H and O–H groups in total. The molecule has 0 radical (unpaired) electrons. The van der Waals surface area contributed by atoms with Gasteiger partial charge in [-0.15, -0.1) is 0 Å². The summed E-state index contributed by atoms with van der Waals surface area (Å²) >= 11 is 0. The first-order valence-electron chi connectivity index (χ1n) is 5.77. The van der Waals surface area contributed by atoms with Gasteiger partial charge in [0.1, 0.15) is 5.75 Å². The van der Waals surface area contributed by atoms with Gasteiger partial charge in [0.2, 0.25) is 0 Å². The standard InChI is InChI=1S/C13H17NO2/c1-10-9-11(5-6-12(10)15)13(16)14-7-3-2-4-8-14/h5-6,9,15H,2-4,7-8H2,1H3. The molecular weight excluding hydrogens is 202 g/mol. The molecule has 1 heterocycles. The van der Waals surface area contributed by atoms with E-state index in [2.05, 4.69) is 0 Å². The van der Waals surface area contributed by atoms with Gasteiger partial charge in [0, 0.05) is 18.7 Å². The number of amides is 1. The third kappa shape index (κ3) is 2.18. The molecule has 0 spiro atoms. The van der Waals surface area contributed by atoms with Gasteiger partial charge < -0.3 is 10.0 Å². The molecule has 0 bridgehead atoms. The highest BCUT2D eigenvalue weighted by Gasteiger charge is 2.18. The Labute approximate surface area is 95.7 Å². The summed E-state index contributed by atoms with van der Waals surface area (Å²) in [6.45, 7) is 3.53. The zero-order chi connectivity index (χ0) is 11.5. The first-order chi connectivity index (χ1) is 7.68. The number of carbonyl (C=O) groups excluding carboxylic acids is 1. The Morgan fingerprint density at radius 1 is 1.25 bits per heavy atom. The number of aromatic hydroxyl groups is 1. The van der Waals surface area contributed by atoms with Crippen LogP contribution in [0.4, 0.5) is 0 Å². The van der Waals surface area contributed by atoms with E-state index in [0.717, 1.165) is 31.5 Å². The van der Waals surface area contributed by atoms with Crippen LogP contribution in [0.25, 0.3) is 0 Å². The minimum atomic E-state index is 0.0859. The van der Waals surface area contributed by atoms with Crippen molar-refractivity contribution >= 4 is 5.91 Å². The van der Waals surface area contributed by atoms with E-state index in [4.69, 9.17) is 0 Å². The predicted octanol–water partition coefficient (Wildman–Crippen LogP) is 2.33. The summed E-state index contributed by atoms with van der Waals surface area (Å²) < 4.78 is 0. The average Bonchev–Trinajstić information content (AvgIpc) is 2.33. The van der Waals surface area contributed by atoms with Crippen molar-refractivity contribution in [2.45, 2.75) is 26.2 Å². The second-order valence-corrected chi connectivity index (χ2v) is 4.35. The minimum Gasteiger partial charge on any atom is -0.508 e. The largest absolute Gasteiger partial charge is 0.508 e. The smallest absolute Gasteiger partial charge is 0.253 e. The molecule has 1 aliphatic rings. The van der Waals surface area contributed by atoms with Crippen molar-refractivity contribution in [3.63, 3.8) is 0 Å². The SMILES string of the molecule is Cc1cc(C(=O)N2CCCCC2)ccc1O. The fraction of sp³-hybridized carbons (Fsp3) is 0.462. The van der Waals surface area contributed by atoms with Gasteiger partial charge in [0.25, 0.3) is 5.91 Å². The van der Waals surface area contributed by atoms with Crippen LogP contribution < -0.4 is 0 Å². The fourth-order valence-corrected chi connectivity index (χ4v) is 2.07. The molecule has 86 valence electrons. The molecule has 3 nitrogen and oxygen atoms in total. The van der Waals surface area contributed by atoms with Crippen LogP contribution in [0.15, 0.2) is 18.2 Å². The van der Waals surface area contributed by atoms with Crippen molar-refractivity contribution in [1.29, 1.82) is 0 Å². The van der Waals surface area contributed by atoms with Gasteiger partial charge in [-0.05, 0) is 49.9 Å².